The zero-order valence-corrected chi connectivity index (χ0v) is 13.9. The molecule has 0 amide bonds. The molecule has 0 bridgehead atoms. The van der Waals surface area contributed by atoms with Crippen molar-refractivity contribution in [2.24, 2.45) is 0 Å². The van der Waals surface area contributed by atoms with Gasteiger partial charge in [-0.1, -0.05) is 50.3 Å². The predicted molar refractivity (Wildman–Crippen MR) is 92.0 cm³/mol. The van der Waals surface area contributed by atoms with E-state index in [1.165, 1.54) is 5.56 Å². The van der Waals surface area contributed by atoms with Crippen LogP contribution in [0.15, 0.2) is 54.7 Å². The zero-order chi connectivity index (χ0) is 16.4. The molecule has 0 saturated heterocycles. The number of rotatable bonds is 3. The van der Waals surface area contributed by atoms with Gasteiger partial charge < -0.3 is 4.74 Å². The van der Waals surface area contributed by atoms with Crippen LogP contribution in [0, 0.1) is 0 Å². The SMILES string of the molecule is COc1ccc(-n2cc(-c3ccc(C(C)(C)C)cc3)nn2)cc1. The quantitative estimate of drug-likeness (QED) is 0.726. The van der Waals surface area contributed by atoms with Gasteiger partial charge in [-0.25, -0.2) is 4.68 Å². The molecule has 2 aromatic carbocycles. The fraction of sp³-hybridized carbons (Fsp3) is 0.263. The molecule has 0 saturated carbocycles. The molecule has 0 N–H and O–H groups in total. The lowest BCUT2D eigenvalue weighted by Crippen LogP contribution is -2.10. The van der Waals surface area contributed by atoms with Crippen molar-refractivity contribution in [2.45, 2.75) is 26.2 Å². The lowest BCUT2D eigenvalue weighted by Gasteiger charge is -2.18. The van der Waals surface area contributed by atoms with Crippen LogP contribution in [0.25, 0.3) is 16.9 Å². The van der Waals surface area contributed by atoms with Crippen molar-refractivity contribution in [1.29, 1.82) is 0 Å². The first kappa shape index (κ1) is 15.3. The van der Waals surface area contributed by atoms with Crippen LogP contribution in [0.5, 0.6) is 5.75 Å². The van der Waals surface area contributed by atoms with E-state index in [1.807, 2.05) is 30.5 Å². The third-order valence-electron chi connectivity index (χ3n) is 3.88. The molecule has 0 spiro atoms. The maximum absolute atomic E-state index is 5.17. The highest BCUT2D eigenvalue weighted by Crippen LogP contribution is 2.25. The second-order valence-corrected chi connectivity index (χ2v) is 6.57. The van der Waals surface area contributed by atoms with E-state index in [0.29, 0.717) is 0 Å². The van der Waals surface area contributed by atoms with Crippen LogP contribution in [0.1, 0.15) is 26.3 Å². The van der Waals surface area contributed by atoms with E-state index >= 15 is 0 Å². The first-order valence-corrected chi connectivity index (χ1v) is 7.65. The number of hydrogen-bond donors (Lipinski definition) is 0. The van der Waals surface area contributed by atoms with Crippen LogP contribution in [0.2, 0.25) is 0 Å². The van der Waals surface area contributed by atoms with Gasteiger partial charge in [-0.15, -0.1) is 5.10 Å². The van der Waals surface area contributed by atoms with E-state index in [0.717, 1.165) is 22.7 Å². The van der Waals surface area contributed by atoms with Gasteiger partial charge >= 0.3 is 0 Å². The van der Waals surface area contributed by atoms with Gasteiger partial charge in [0.15, 0.2) is 0 Å². The molecule has 0 radical (unpaired) electrons. The lowest BCUT2D eigenvalue weighted by atomic mass is 9.86. The minimum Gasteiger partial charge on any atom is -0.497 e. The number of methoxy groups -OCH3 is 1. The Labute approximate surface area is 136 Å². The van der Waals surface area contributed by atoms with Crippen LogP contribution < -0.4 is 4.74 Å². The van der Waals surface area contributed by atoms with Crippen molar-refractivity contribution >= 4 is 0 Å². The van der Waals surface area contributed by atoms with Crippen LogP contribution in [-0.2, 0) is 5.41 Å². The molecule has 0 aliphatic heterocycles. The topological polar surface area (TPSA) is 39.9 Å². The molecule has 0 unspecified atom stereocenters. The Hall–Kier alpha value is -2.62. The van der Waals surface area contributed by atoms with Crippen LogP contribution in [0.3, 0.4) is 0 Å². The Morgan fingerprint density at radius 3 is 2.13 bits per heavy atom. The van der Waals surface area contributed by atoms with Crippen molar-refractivity contribution in [3.63, 3.8) is 0 Å². The Morgan fingerprint density at radius 1 is 0.913 bits per heavy atom. The average Bonchev–Trinajstić information content (AvgIpc) is 3.04. The summed E-state index contributed by atoms with van der Waals surface area (Å²) in [5.41, 5.74) is 4.35. The highest BCUT2D eigenvalue weighted by molar-refractivity contribution is 5.59. The summed E-state index contributed by atoms with van der Waals surface area (Å²) in [6, 6.07) is 16.2. The molecule has 118 valence electrons. The first-order valence-electron chi connectivity index (χ1n) is 7.65. The van der Waals surface area contributed by atoms with Crippen molar-refractivity contribution in [1.82, 2.24) is 15.0 Å². The summed E-state index contributed by atoms with van der Waals surface area (Å²) in [5, 5.41) is 8.49. The van der Waals surface area contributed by atoms with E-state index in [-0.39, 0.29) is 5.41 Å². The summed E-state index contributed by atoms with van der Waals surface area (Å²) < 4.78 is 6.94. The second kappa shape index (κ2) is 5.88. The third kappa shape index (κ3) is 3.26. The number of benzene rings is 2. The van der Waals surface area contributed by atoms with Crippen molar-refractivity contribution in [2.75, 3.05) is 7.11 Å². The standard InChI is InChI=1S/C19H21N3O/c1-19(2,3)15-7-5-14(6-8-15)18-13-22(21-20-18)16-9-11-17(23-4)12-10-16/h5-13H,1-4H3. The fourth-order valence-electron chi connectivity index (χ4n) is 2.40. The average molecular weight is 307 g/mol. The Balaban J connectivity index is 1.86. The molecular formula is C19H21N3O. The summed E-state index contributed by atoms with van der Waals surface area (Å²) in [6.07, 6.45) is 1.94. The van der Waals surface area contributed by atoms with Gasteiger partial charge in [0, 0.05) is 5.56 Å². The van der Waals surface area contributed by atoms with Crippen LogP contribution in [-0.4, -0.2) is 22.1 Å². The van der Waals surface area contributed by atoms with Crippen LogP contribution >= 0.6 is 0 Å². The van der Waals surface area contributed by atoms with Crippen molar-refractivity contribution < 1.29 is 4.74 Å². The van der Waals surface area contributed by atoms with Crippen molar-refractivity contribution in [3.05, 3.63) is 60.3 Å². The van der Waals surface area contributed by atoms with Crippen molar-refractivity contribution in [3.8, 4) is 22.7 Å². The first-order chi connectivity index (χ1) is 11.0. The molecule has 23 heavy (non-hydrogen) atoms. The molecular weight excluding hydrogens is 286 g/mol. The predicted octanol–water partition coefficient (Wildman–Crippen LogP) is 4.24. The molecule has 3 rings (SSSR count). The highest BCUT2D eigenvalue weighted by Gasteiger charge is 2.13. The Morgan fingerprint density at radius 2 is 1.57 bits per heavy atom. The van der Waals surface area contributed by atoms with Gasteiger partial charge in [0.05, 0.1) is 19.0 Å². The van der Waals surface area contributed by atoms with Gasteiger partial charge in [0.1, 0.15) is 11.4 Å². The number of nitrogens with zero attached hydrogens (tertiary/aromatic N) is 3. The van der Waals surface area contributed by atoms with E-state index in [9.17, 15) is 0 Å². The van der Waals surface area contributed by atoms with E-state index in [2.05, 4.69) is 55.3 Å². The number of ether oxygens (including phenoxy) is 1. The maximum Gasteiger partial charge on any atom is 0.119 e. The summed E-state index contributed by atoms with van der Waals surface area (Å²) in [5.74, 6) is 0.826. The largest absolute Gasteiger partial charge is 0.497 e. The summed E-state index contributed by atoms with van der Waals surface area (Å²) >= 11 is 0. The van der Waals surface area contributed by atoms with Crippen LogP contribution in [0.4, 0.5) is 0 Å². The monoisotopic (exact) mass is 307 g/mol. The smallest absolute Gasteiger partial charge is 0.119 e. The third-order valence-corrected chi connectivity index (χ3v) is 3.88. The van der Waals surface area contributed by atoms with Gasteiger partial charge in [-0.3, -0.25) is 0 Å². The van der Waals surface area contributed by atoms with E-state index in [1.54, 1.807) is 11.8 Å². The number of hydrogen-bond acceptors (Lipinski definition) is 3. The molecule has 4 nitrogen and oxygen atoms in total. The maximum atomic E-state index is 5.17. The Kier molecular flexibility index (Phi) is 3.90. The lowest BCUT2D eigenvalue weighted by molar-refractivity contribution is 0.414. The van der Waals surface area contributed by atoms with E-state index in [4.69, 9.17) is 4.74 Å². The summed E-state index contributed by atoms with van der Waals surface area (Å²) in [4.78, 5) is 0. The summed E-state index contributed by atoms with van der Waals surface area (Å²) in [7, 11) is 1.66. The van der Waals surface area contributed by atoms with Gasteiger partial charge in [0.25, 0.3) is 0 Å². The minimum absolute atomic E-state index is 0.152. The second-order valence-electron chi connectivity index (χ2n) is 6.57. The summed E-state index contributed by atoms with van der Waals surface area (Å²) in [6.45, 7) is 6.63. The highest BCUT2D eigenvalue weighted by atomic mass is 16.5. The number of aromatic nitrogens is 3. The molecule has 4 heteroatoms. The molecule has 1 aromatic heterocycles. The van der Waals surface area contributed by atoms with Gasteiger partial charge in [-0.2, -0.15) is 0 Å². The molecule has 3 aromatic rings. The zero-order valence-electron chi connectivity index (χ0n) is 13.9. The van der Waals surface area contributed by atoms with Gasteiger partial charge in [0.2, 0.25) is 0 Å². The molecule has 0 atom stereocenters. The normalized spacial score (nSPS) is 11.5. The van der Waals surface area contributed by atoms with E-state index < -0.39 is 0 Å². The molecule has 1 heterocycles. The molecule has 0 aliphatic rings. The molecule has 0 aliphatic carbocycles. The fourth-order valence-corrected chi connectivity index (χ4v) is 2.40. The molecule has 0 fully saturated rings. The van der Waals surface area contributed by atoms with Gasteiger partial charge in [-0.05, 0) is 35.2 Å². The Bertz CT molecular complexity index is 781. The minimum atomic E-state index is 0.152.